The fourth-order valence-corrected chi connectivity index (χ4v) is 2.38. The molecule has 0 saturated heterocycles. The van der Waals surface area contributed by atoms with E-state index in [4.69, 9.17) is 6.42 Å². The normalized spacial score (nSPS) is 9.69. The van der Waals surface area contributed by atoms with E-state index in [1.165, 1.54) is 15.4 Å². The molecule has 0 heterocycles. The van der Waals surface area contributed by atoms with Gasteiger partial charge in [0.15, 0.2) is 0 Å². The molecule has 0 bridgehead atoms. The van der Waals surface area contributed by atoms with Crippen molar-refractivity contribution in [2.24, 2.45) is 0 Å². The minimum absolute atomic E-state index is 0.698. The van der Waals surface area contributed by atoms with Crippen molar-refractivity contribution in [3.05, 3.63) is 60.2 Å². The summed E-state index contributed by atoms with van der Waals surface area (Å²) in [7, 11) is 0. The van der Waals surface area contributed by atoms with Crippen molar-refractivity contribution in [2.75, 3.05) is 0 Å². The third-order valence-corrected chi connectivity index (χ3v) is 3.18. The topological polar surface area (TPSA) is 0 Å². The van der Waals surface area contributed by atoms with Crippen molar-refractivity contribution < 1.29 is 0 Å². The van der Waals surface area contributed by atoms with Crippen molar-refractivity contribution in [3.63, 3.8) is 0 Å². The van der Waals surface area contributed by atoms with Gasteiger partial charge in [-0.25, -0.2) is 0 Å². The highest BCUT2D eigenvalue weighted by atomic mass is 32.2. The third-order valence-electron chi connectivity index (χ3n) is 2.18. The first kappa shape index (κ1) is 10.9. The lowest BCUT2D eigenvalue weighted by Gasteiger charge is -2.03. The molecule has 0 atom stereocenters. The second kappa shape index (κ2) is 5.44. The van der Waals surface area contributed by atoms with Gasteiger partial charge >= 0.3 is 0 Å². The predicted octanol–water partition coefficient (Wildman–Crippen LogP) is 4.01. The summed E-state index contributed by atoms with van der Waals surface area (Å²) >= 11 is 1.76. The molecule has 2 rings (SSSR count). The van der Waals surface area contributed by atoms with Crippen LogP contribution in [0.2, 0.25) is 0 Å². The van der Waals surface area contributed by atoms with Crippen molar-refractivity contribution in [2.45, 2.75) is 16.2 Å². The van der Waals surface area contributed by atoms with E-state index >= 15 is 0 Å². The van der Waals surface area contributed by atoms with E-state index in [2.05, 4.69) is 42.3 Å². The Labute approximate surface area is 101 Å². The average molecular weight is 224 g/mol. The molecule has 0 aliphatic rings. The lowest BCUT2D eigenvalue weighted by atomic mass is 10.2. The Morgan fingerprint density at radius 2 is 1.69 bits per heavy atom. The van der Waals surface area contributed by atoms with E-state index in [1.54, 1.807) is 11.8 Å². The summed E-state index contributed by atoms with van der Waals surface area (Å²) < 4.78 is 0. The van der Waals surface area contributed by atoms with Crippen LogP contribution in [0.5, 0.6) is 0 Å². The second-order valence-electron chi connectivity index (χ2n) is 3.44. The quantitative estimate of drug-likeness (QED) is 0.710. The van der Waals surface area contributed by atoms with Gasteiger partial charge in [-0.2, -0.15) is 0 Å². The highest BCUT2D eigenvalue weighted by molar-refractivity contribution is 7.99. The minimum Gasteiger partial charge on any atom is -0.120 e. The summed E-state index contributed by atoms with van der Waals surface area (Å²) in [6.45, 7) is 0. The number of rotatable bonds is 3. The van der Waals surface area contributed by atoms with Crippen LogP contribution in [0.1, 0.15) is 5.56 Å². The molecule has 1 heteroatoms. The molecule has 0 aromatic heterocycles. The number of hydrogen-bond acceptors (Lipinski definition) is 1. The molecule has 2 aromatic carbocycles. The van der Waals surface area contributed by atoms with Crippen molar-refractivity contribution in [3.8, 4) is 12.3 Å². The maximum atomic E-state index is 5.31. The van der Waals surface area contributed by atoms with Gasteiger partial charge in [0.05, 0.1) is 0 Å². The van der Waals surface area contributed by atoms with Crippen LogP contribution < -0.4 is 0 Å². The smallest absolute Gasteiger partial charge is 0.0338 e. The average Bonchev–Trinajstić information content (AvgIpc) is 2.31. The Kier molecular flexibility index (Phi) is 3.69. The lowest BCUT2D eigenvalue weighted by Crippen LogP contribution is -1.81. The number of hydrogen-bond donors (Lipinski definition) is 0. The van der Waals surface area contributed by atoms with Gasteiger partial charge < -0.3 is 0 Å². The van der Waals surface area contributed by atoms with Crippen LogP contribution >= 0.6 is 11.8 Å². The molecule has 16 heavy (non-hydrogen) atoms. The Bertz CT molecular complexity index is 494. The second-order valence-corrected chi connectivity index (χ2v) is 4.59. The van der Waals surface area contributed by atoms with E-state index < -0.39 is 0 Å². The Morgan fingerprint density at radius 3 is 2.44 bits per heavy atom. The summed E-state index contributed by atoms with van der Waals surface area (Å²) in [4.78, 5) is 2.49. The summed E-state index contributed by atoms with van der Waals surface area (Å²) in [5.41, 5.74) is 1.20. The van der Waals surface area contributed by atoms with E-state index in [0.717, 1.165) is 0 Å². The van der Waals surface area contributed by atoms with Gasteiger partial charge in [0.2, 0.25) is 0 Å². The van der Waals surface area contributed by atoms with Crippen LogP contribution in [0.3, 0.4) is 0 Å². The third kappa shape index (κ3) is 2.92. The molecule has 0 spiro atoms. The van der Waals surface area contributed by atoms with E-state index in [-0.39, 0.29) is 0 Å². The van der Waals surface area contributed by atoms with Gasteiger partial charge in [0.1, 0.15) is 0 Å². The van der Waals surface area contributed by atoms with E-state index in [1.807, 2.05) is 18.2 Å². The monoisotopic (exact) mass is 224 g/mol. The number of terminal acetylenes is 1. The Balaban J connectivity index is 2.16. The summed E-state index contributed by atoms with van der Waals surface area (Å²) in [6, 6.07) is 18.7. The molecule has 78 valence electrons. The molecule has 0 unspecified atom stereocenters. The molecular formula is C15H12S. The molecule has 2 aromatic rings. The van der Waals surface area contributed by atoms with Crippen LogP contribution in [0, 0.1) is 12.3 Å². The fourth-order valence-electron chi connectivity index (χ4n) is 1.46. The first-order valence-corrected chi connectivity index (χ1v) is 5.95. The maximum Gasteiger partial charge on any atom is 0.0338 e. The highest BCUT2D eigenvalue weighted by Gasteiger charge is 1.97. The molecule has 0 nitrogen and oxygen atoms in total. The van der Waals surface area contributed by atoms with Gasteiger partial charge in [0, 0.05) is 16.2 Å². The Hall–Kier alpha value is -1.65. The van der Waals surface area contributed by atoms with E-state index in [0.29, 0.717) is 6.42 Å². The van der Waals surface area contributed by atoms with Crippen molar-refractivity contribution in [1.82, 2.24) is 0 Å². The van der Waals surface area contributed by atoms with Crippen molar-refractivity contribution >= 4 is 11.8 Å². The molecule has 0 radical (unpaired) electrons. The first-order chi connectivity index (χ1) is 7.88. The standard InChI is InChI=1S/C15H12S/c1-2-7-13-8-6-11-15(12-13)16-14-9-4-3-5-10-14/h1,3-6,8-12H,7H2. The molecular weight excluding hydrogens is 212 g/mol. The van der Waals surface area contributed by atoms with Crippen molar-refractivity contribution in [1.29, 1.82) is 0 Å². The molecule has 0 saturated carbocycles. The molecule has 0 amide bonds. The first-order valence-electron chi connectivity index (χ1n) is 5.14. The van der Waals surface area contributed by atoms with Crippen LogP contribution in [-0.2, 0) is 6.42 Å². The van der Waals surface area contributed by atoms with Gasteiger partial charge in [0.25, 0.3) is 0 Å². The zero-order chi connectivity index (χ0) is 11.2. The highest BCUT2D eigenvalue weighted by Crippen LogP contribution is 2.27. The molecule has 0 N–H and O–H groups in total. The zero-order valence-electron chi connectivity index (χ0n) is 8.89. The molecule has 0 fully saturated rings. The van der Waals surface area contributed by atoms with Gasteiger partial charge in [-0.3, -0.25) is 0 Å². The van der Waals surface area contributed by atoms with Gasteiger partial charge in [-0.15, -0.1) is 12.3 Å². The largest absolute Gasteiger partial charge is 0.120 e. The lowest BCUT2D eigenvalue weighted by molar-refractivity contribution is 1.27. The van der Waals surface area contributed by atoms with Crippen LogP contribution in [0.4, 0.5) is 0 Å². The fraction of sp³-hybridized carbons (Fsp3) is 0.0667. The molecule has 0 aliphatic carbocycles. The number of benzene rings is 2. The zero-order valence-corrected chi connectivity index (χ0v) is 9.71. The van der Waals surface area contributed by atoms with Gasteiger partial charge in [-0.05, 0) is 29.8 Å². The Morgan fingerprint density at radius 1 is 0.938 bits per heavy atom. The van der Waals surface area contributed by atoms with Crippen LogP contribution in [0.25, 0.3) is 0 Å². The van der Waals surface area contributed by atoms with Gasteiger partial charge in [-0.1, -0.05) is 42.1 Å². The SMILES string of the molecule is C#CCc1cccc(Sc2ccccc2)c1. The minimum atomic E-state index is 0.698. The van der Waals surface area contributed by atoms with Crippen LogP contribution in [-0.4, -0.2) is 0 Å². The maximum absolute atomic E-state index is 5.31. The molecule has 0 aliphatic heterocycles. The summed E-state index contributed by atoms with van der Waals surface area (Å²) in [5, 5.41) is 0. The summed E-state index contributed by atoms with van der Waals surface area (Å²) in [6.07, 6.45) is 6.00. The summed E-state index contributed by atoms with van der Waals surface area (Å²) in [5.74, 6) is 2.67. The van der Waals surface area contributed by atoms with Crippen LogP contribution in [0.15, 0.2) is 64.4 Å². The predicted molar refractivity (Wildman–Crippen MR) is 69.5 cm³/mol. The van der Waals surface area contributed by atoms with E-state index in [9.17, 15) is 0 Å².